The molecule has 0 radical (unpaired) electrons. The number of pyridine rings is 1. The van der Waals surface area contributed by atoms with Crippen molar-refractivity contribution in [2.45, 2.75) is 38.6 Å². The Balaban J connectivity index is 1.64. The Labute approximate surface area is 156 Å². The summed E-state index contributed by atoms with van der Waals surface area (Å²) in [5.41, 5.74) is 0.974. The highest BCUT2D eigenvalue weighted by Gasteiger charge is 2.42. The van der Waals surface area contributed by atoms with Crippen LogP contribution in [-0.2, 0) is 16.1 Å². The van der Waals surface area contributed by atoms with Crippen LogP contribution in [0.5, 0.6) is 0 Å². The van der Waals surface area contributed by atoms with E-state index in [1.165, 1.54) is 0 Å². The van der Waals surface area contributed by atoms with Crippen LogP contribution in [0.15, 0.2) is 24.4 Å². The Hall–Kier alpha value is -1.95. The van der Waals surface area contributed by atoms with Crippen LogP contribution in [0, 0.1) is 5.41 Å². The summed E-state index contributed by atoms with van der Waals surface area (Å²) in [6, 6.07) is 5.81. The fourth-order valence-corrected chi connectivity index (χ4v) is 4.16. The molecule has 6 heteroatoms. The molecular weight excluding hydrogens is 328 g/mol. The quantitative estimate of drug-likeness (QED) is 0.805. The van der Waals surface area contributed by atoms with Gasteiger partial charge in [-0.3, -0.25) is 14.6 Å². The van der Waals surface area contributed by atoms with Crippen molar-refractivity contribution in [3.63, 3.8) is 0 Å². The van der Waals surface area contributed by atoms with E-state index in [1.54, 1.807) is 6.20 Å². The van der Waals surface area contributed by atoms with Gasteiger partial charge in [0.25, 0.3) is 0 Å². The lowest BCUT2D eigenvalue weighted by Gasteiger charge is -2.48. The van der Waals surface area contributed by atoms with E-state index in [1.807, 2.05) is 47.0 Å². The Kier molecular flexibility index (Phi) is 5.91. The summed E-state index contributed by atoms with van der Waals surface area (Å²) in [6.45, 7) is 3.72. The van der Waals surface area contributed by atoms with Gasteiger partial charge in [-0.05, 0) is 45.5 Å². The first-order chi connectivity index (χ1) is 12.5. The molecule has 6 nitrogen and oxygen atoms in total. The highest BCUT2D eigenvalue weighted by molar-refractivity contribution is 5.78. The Bertz CT molecular complexity index is 634. The maximum atomic E-state index is 12.6. The number of amides is 2. The van der Waals surface area contributed by atoms with Gasteiger partial charge in [-0.25, -0.2) is 0 Å². The Morgan fingerprint density at radius 3 is 2.85 bits per heavy atom. The topological polar surface area (TPSA) is 56.8 Å². The number of aromatic nitrogens is 1. The van der Waals surface area contributed by atoms with Crippen molar-refractivity contribution < 1.29 is 9.59 Å². The molecule has 2 aliphatic rings. The van der Waals surface area contributed by atoms with Crippen molar-refractivity contribution in [3.8, 4) is 0 Å². The van der Waals surface area contributed by atoms with Gasteiger partial charge in [-0.1, -0.05) is 6.07 Å². The van der Waals surface area contributed by atoms with Gasteiger partial charge in [-0.15, -0.1) is 0 Å². The van der Waals surface area contributed by atoms with Crippen LogP contribution in [-0.4, -0.2) is 71.8 Å². The largest absolute Gasteiger partial charge is 0.342 e. The predicted molar refractivity (Wildman–Crippen MR) is 100 cm³/mol. The Morgan fingerprint density at radius 2 is 2.12 bits per heavy atom. The first-order valence-electron chi connectivity index (χ1n) is 9.58. The second-order valence-corrected chi connectivity index (χ2v) is 8.04. The van der Waals surface area contributed by atoms with E-state index < -0.39 is 0 Å². The third kappa shape index (κ3) is 4.61. The van der Waals surface area contributed by atoms with Gasteiger partial charge in [0.1, 0.15) is 0 Å². The molecule has 2 saturated heterocycles. The molecule has 0 aromatic carbocycles. The molecule has 0 N–H and O–H groups in total. The summed E-state index contributed by atoms with van der Waals surface area (Å²) in [7, 11) is 3.99. The first-order valence-corrected chi connectivity index (χ1v) is 9.58. The van der Waals surface area contributed by atoms with Crippen LogP contribution < -0.4 is 0 Å². The molecule has 0 bridgehead atoms. The summed E-state index contributed by atoms with van der Waals surface area (Å²) in [5, 5.41) is 0. The molecule has 1 unspecified atom stereocenters. The fourth-order valence-electron chi connectivity index (χ4n) is 4.16. The molecule has 1 aromatic heterocycles. The smallest absolute Gasteiger partial charge is 0.223 e. The molecule has 3 rings (SSSR count). The molecule has 2 fully saturated rings. The maximum absolute atomic E-state index is 12.6. The minimum atomic E-state index is 0.0503. The van der Waals surface area contributed by atoms with Gasteiger partial charge in [-0.2, -0.15) is 0 Å². The normalized spacial score (nSPS) is 23.7. The second-order valence-electron chi connectivity index (χ2n) is 8.04. The van der Waals surface area contributed by atoms with Gasteiger partial charge in [0.15, 0.2) is 0 Å². The standard InChI is InChI=1S/C20H30N4O2/c1-22(2)13-8-19(26)23-12-5-9-20(15-23)10-7-18(25)24(16-20)14-17-6-3-4-11-21-17/h3-4,6,11H,5,7-10,12-16H2,1-2H3. The molecule has 2 aliphatic heterocycles. The van der Waals surface area contributed by atoms with E-state index >= 15 is 0 Å². The lowest BCUT2D eigenvalue weighted by Crippen LogP contribution is -2.55. The van der Waals surface area contributed by atoms with E-state index in [0.717, 1.165) is 51.1 Å². The van der Waals surface area contributed by atoms with Crippen LogP contribution in [0.2, 0.25) is 0 Å². The average molecular weight is 358 g/mol. The van der Waals surface area contributed by atoms with Gasteiger partial charge in [0.2, 0.25) is 11.8 Å². The fraction of sp³-hybridized carbons (Fsp3) is 0.650. The summed E-state index contributed by atoms with van der Waals surface area (Å²) >= 11 is 0. The molecule has 0 aliphatic carbocycles. The highest BCUT2D eigenvalue weighted by atomic mass is 16.2. The summed E-state index contributed by atoms with van der Waals surface area (Å²) in [4.78, 5) is 35.4. The minimum Gasteiger partial charge on any atom is -0.342 e. The number of hydrogen-bond acceptors (Lipinski definition) is 4. The van der Waals surface area contributed by atoms with Crippen molar-refractivity contribution in [1.29, 1.82) is 0 Å². The van der Waals surface area contributed by atoms with Crippen LogP contribution in [0.3, 0.4) is 0 Å². The van der Waals surface area contributed by atoms with Crippen molar-refractivity contribution in [2.75, 3.05) is 40.3 Å². The molecule has 3 heterocycles. The number of piperidine rings is 2. The third-order valence-corrected chi connectivity index (χ3v) is 5.61. The van der Waals surface area contributed by atoms with E-state index in [4.69, 9.17) is 0 Å². The van der Waals surface area contributed by atoms with Gasteiger partial charge in [0, 0.05) is 50.6 Å². The van der Waals surface area contributed by atoms with Crippen LogP contribution in [0.4, 0.5) is 0 Å². The summed E-state index contributed by atoms with van der Waals surface area (Å²) in [6.07, 6.45) is 5.93. The molecule has 1 aromatic rings. The van der Waals surface area contributed by atoms with E-state index in [-0.39, 0.29) is 17.2 Å². The maximum Gasteiger partial charge on any atom is 0.223 e. The van der Waals surface area contributed by atoms with E-state index in [0.29, 0.717) is 19.4 Å². The number of hydrogen-bond donors (Lipinski definition) is 0. The van der Waals surface area contributed by atoms with Crippen molar-refractivity contribution in [1.82, 2.24) is 19.7 Å². The molecule has 142 valence electrons. The number of nitrogens with zero attached hydrogens (tertiary/aromatic N) is 4. The van der Waals surface area contributed by atoms with Crippen LogP contribution in [0.25, 0.3) is 0 Å². The number of carbonyl (C=O) groups excluding carboxylic acids is 2. The molecule has 1 atom stereocenters. The van der Waals surface area contributed by atoms with E-state index in [9.17, 15) is 9.59 Å². The molecular formula is C20H30N4O2. The SMILES string of the molecule is CN(C)CCC(=O)N1CCCC2(CCC(=O)N(Cc3ccccn3)C2)C1. The van der Waals surface area contributed by atoms with Crippen molar-refractivity contribution in [2.24, 2.45) is 5.41 Å². The zero-order valence-electron chi connectivity index (χ0n) is 16.0. The second kappa shape index (κ2) is 8.16. The minimum absolute atomic E-state index is 0.0503. The lowest BCUT2D eigenvalue weighted by molar-refractivity contribution is -0.143. The zero-order chi connectivity index (χ0) is 18.6. The molecule has 26 heavy (non-hydrogen) atoms. The summed E-state index contributed by atoms with van der Waals surface area (Å²) in [5.74, 6) is 0.447. The lowest BCUT2D eigenvalue weighted by atomic mass is 9.73. The number of carbonyl (C=O) groups is 2. The predicted octanol–water partition coefficient (Wildman–Crippen LogP) is 1.76. The highest BCUT2D eigenvalue weighted by Crippen LogP contribution is 2.39. The van der Waals surface area contributed by atoms with Crippen LogP contribution in [0.1, 0.15) is 37.8 Å². The molecule has 2 amide bonds. The Morgan fingerprint density at radius 1 is 1.27 bits per heavy atom. The first kappa shape index (κ1) is 18.8. The van der Waals surface area contributed by atoms with Gasteiger partial charge in [0.05, 0.1) is 12.2 Å². The third-order valence-electron chi connectivity index (χ3n) is 5.61. The van der Waals surface area contributed by atoms with Crippen molar-refractivity contribution in [3.05, 3.63) is 30.1 Å². The van der Waals surface area contributed by atoms with E-state index in [2.05, 4.69) is 4.98 Å². The monoisotopic (exact) mass is 358 g/mol. The summed E-state index contributed by atoms with van der Waals surface area (Å²) < 4.78 is 0. The zero-order valence-corrected chi connectivity index (χ0v) is 16.0. The molecule has 1 spiro atoms. The number of rotatable bonds is 5. The van der Waals surface area contributed by atoms with Gasteiger partial charge >= 0.3 is 0 Å². The average Bonchev–Trinajstić information content (AvgIpc) is 2.64. The van der Waals surface area contributed by atoms with Crippen LogP contribution >= 0.6 is 0 Å². The van der Waals surface area contributed by atoms with Gasteiger partial charge < -0.3 is 14.7 Å². The number of likely N-dealkylation sites (tertiary alicyclic amines) is 2. The van der Waals surface area contributed by atoms with Crippen molar-refractivity contribution >= 4 is 11.8 Å². The molecule has 0 saturated carbocycles.